The van der Waals surface area contributed by atoms with Crippen LogP contribution in [0.5, 0.6) is 0 Å². The molecular formula is C11H9ClN6OS2. The van der Waals surface area contributed by atoms with E-state index in [-0.39, 0.29) is 10.9 Å². The summed E-state index contributed by atoms with van der Waals surface area (Å²) in [6, 6.07) is 3.43. The summed E-state index contributed by atoms with van der Waals surface area (Å²) in [4.78, 5) is 12.2. The van der Waals surface area contributed by atoms with Gasteiger partial charge in [0.1, 0.15) is 11.0 Å². The van der Waals surface area contributed by atoms with Crippen molar-refractivity contribution in [2.24, 2.45) is 0 Å². The van der Waals surface area contributed by atoms with Crippen LogP contribution in [0.2, 0.25) is 5.02 Å². The maximum absolute atomic E-state index is 12.2. The lowest BCUT2D eigenvalue weighted by Crippen LogP contribution is -2.12. The first kappa shape index (κ1) is 14.1. The van der Waals surface area contributed by atoms with Crippen molar-refractivity contribution in [3.8, 4) is 0 Å². The standard InChI is InChI=1S/C11H9ClN6OS2/c1-2-13-11-16-15-10(20-11)9(19)14-7-5(12)3-4-6-8(7)18-21-17-6/h3-4H,2H2,1H3,(H,13,16)(H,14,19). The van der Waals surface area contributed by atoms with Crippen molar-refractivity contribution in [3.63, 3.8) is 0 Å². The van der Waals surface area contributed by atoms with Crippen LogP contribution in [0.25, 0.3) is 11.0 Å². The van der Waals surface area contributed by atoms with Crippen LogP contribution in [0, 0.1) is 0 Å². The number of halogens is 1. The number of fused-ring (bicyclic) bond motifs is 1. The third kappa shape index (κ3) is 2.80. The number of nitrogens with one attached hydrogen (secondary N) is 2. The number of hydrogen-bond acceptors (Lipinski definition) is 8. The first-order valence-electron chi connectivity index (χ1n) is 5.98. The third-order valence-electron chi connectivity index (χ3n) is 2.56. The van der Waals surface area contributed by atoms with Gasteiger partial charge in [0.15, 0.2) is 0 Å². The largest absolute Gasteiger partial charge is 0.360 e. The van der Waals surface area contributed by atoms with Gasteiger partial charge in [-0.1, -0.05) is 22.9 Å². The lowest BCUT2D eigenvalue weighted by atomic mass is 10.2. The first-order valence-corrected chi connectivity index (χ1v) is 7.91. The minimum absolute atomic E-state index is 0.252. The summed E-state index contributed by atoms with van der Waals surface area (Å²) in [5, 5.41) is 14.7. The fourth-order valence-corrected chi connectivity index (χ4v) is 3.10. The molecular weight excluding hydrogens is 332 g/mol. The van der Waals surface area contributed by atoms with Crippen molar-refractivity contribution in [2.45, 2.75) is 6.92 Å². The molecule has 0 aliphatic rings. The van der Waals surface area contributed by atoms with Crippen LogP contribution in [0.4, 0.5) is 10.8 Å². The number of anilines is 2. The SMILES string of the molecule is CCNc1nnc(C(=O)Nc2c(Cl)ccc3nsnc23)s1. The van der Waals surface area contributed by atoms with Gasteiger partial charge in [0.25, 0.3) is 5.91 Å². The van der Waals surface area contributed by atoms with E-state index < -0.39 is 0 Å². The number of amides is 1. The Morgan fingerprint density at radius 3 is 3.00 bits per heavy atom. The van der Waals surface area contributed by atoms with Gasteiger partial charge in [0.05, 0.1) is 22.4 Å². The average molecular weight is 341 g/mol. The summed E-state index contributed by atoms with van der Waals surface area (Å²) in [5.41, 5.74) is 1.69. The van der Waals surface area contributed by atoms with E-state index in [2.05, 4.69) is 29.6 Å². The topological polar surface area (TPSA) is 92.7 Å². The zero-order valence-corrected chi connectivity index (χ0v) is 13.1. The Morgan fingerprint density at radius 1 is 1.33 bits per heavy atom. The molecule has 0 bridgehead atoms. The lowest BCUT2D eigenvalue weighted by molar-refractivity contribution is 0.102. The molecule has 0 aliphatic heterocycles. The summed E-state index contributed by atoms with van der Waals surface area (Å²) >= 11 is 8.36. The normalized spacial score (nSPS) is 10.8. The van der Waals surface area contributed by atoms with Gasteiger partial charge in [-0.05, 0) is 19.1 Å². The number of rotatable bonds is 4. The van der Waals surface area contributed by atoms with Crippen LogP contribution in [0.3, 0.4) is 0 Å². The molecule has 21 heavy (non-hydrogen) atoms. The van der Waals surface area contributed by atoms with Crippen molar-refractivity contribution in [1.82, 2.24) is 18.9 Å². The highest BCUT2D eigenvalue weighted by Gasteiger charge is 2.17. The summed E-state index contributed by atoms with van der Waals surface area (Å²) in [5.74, 6) is -0.376. The Morgan fingerprint density at radius 2 is 2.19 bits per heavy atom. The van der Waals surface area contributed by atoms with Gasteiger partial charge >= 0.3 is 0 Å². The van der Waals surface area contributed by atoms with Crippen LogP contribution < -0.4 is 10.6 Å². The molecule has 0 unspecified atom stereocenters. The van der Waals surface area contributed by atoms with Crippen LogP contribution in [0.1, 0.15) is 16.7 Å². The predicted octanol–water partition coefficient (Wildman–Crippen LogP) is 2.88. The smallest absolute Gasteiger partial charge is 0.286 e. The van der Waals surface area contributed by atoms with Crippen molar-refractivity contribution in [1.29, 1.82) is 0 Å². The number of nitrogens with zero attached hydrogens (tertiary/aromatic N) is 4. The van der Waals surface area contributed by atoms with Crippen molar-refractivity contribution in [3.05, 3.63) is 22.2 Å². The van der Waals surface area contributed by atoms with Crippen LogP contribution in [0.15, 0.2) is 12.1 Å². The molecule has 2 N–H and O–H groups in total. The van der Waals surface area contributed by atoms with E-state index in [9.17, 15) is 4.79 Å². The van der Waals surface area contributed by atoms with E-state index in [1.54, 1.807) is 12.1 Å². The summed E-state index contributed by atoms with van der Waals surface area (Å²) in [7, 11) is 0. The highest BCUT2D eigenvalue weighted by Crippen LogP contribution is 2.30. The first-order chi connectivity index (χ1) is 10.2. The lowest BCUT2D eigenvalue weighted by Gasteiger charge is -2.05. The summed E-state index contributed by atoms with van der Waals surface area (Å²) < 4.78 is 8.26. The molecule has 0 aliphatic carbocycles. The molecule has 1 amide bonds. The number of benzene rings is 1. The van der Waals surface area contributed by atoms with E-state index in [4.69, 9.17) is 11.6 Å². The monoisotopic (exact) mass is 340 g/mol. The van der Waals surface area contributed by atoms with E-state index >= 15 is 0 Å². The van der Waals surface area contributed by atoms with Crippen LogP contribution >= 0.6 is 34.7 Å². The molecule has 0 fully saturated rings. The Bertz CT molecular complexity index is 801. The van der Waals surface area contributed by atoms with Crippen molar-refractivity contribution in [2.75, 3.05) is 17.2 Å². The quantitative estimate of drug-likeness (QED) is 0.758. The van der Waals surface area contributed by atoms with Gasteiger partial charge in [0.2, 0.25) is 10.1 Å². The average Bonchev–Trinajstić information content (AvgIpc) is 3.11. The molecule has 0 atom stereocenters. The molecule has 0 spiro atoms. The van der Waals surface area contributed by atoms with Crippen molar-refractivity contribution < 1.29 is 4.79 Å². The van der Waals surface area contributed by atoms with Gasteiger partial charge < -0.3 is 10.6 Å². The number of carbonyl (C=O) groups is 1. The second-order valence-corrected chi connectivity index (χ2v) is 5.86. The molecule has 0 saturated carbocycles. The molecule has 3 aromatic rings. The molecule has 7 nitrogen and oxygen atoms in total. The van der Waals surface area contributed by atoms with Gasteiger partial charge in [-0.3, -0.25) is 4.79 Å². The van der Waals surface area contributed by atoms with E-state index in [1.165, 1.54) is 11.3 Å². The summed E-state index contributed by atoms with van der Waals surface area (Å²) in [6.07, 6.45) is 0. The third-order valence-corrected chi connectivity index (χ3v) is 4.30. The fourth-order valence-electron chi connectivity index (χ4n) is 1.65. The van der Waals surface area contributed by atoms with Gasteiger partial charge in [-0.2, -0.15) is 8.75 Å². The summed E-state index contributed by atoms with van der Waals surface area (Å²) in [6.45, 7) is 2.66. The van der Waals surface area contributed by atoms with Crippen LogP contribution in [-0.2, 0) is 0 Å². The maximum Gasteiger partial charge on any atom is 0.286 e. The molecule has 1 aromatic carbocycles. The predicted molar refractivity (Wildman–Crippen MR) is 84.5 cm³/mol. The van der Waals surface area contributed by atoms with E-state index in [0.29, 0.717) is 33.4 Å². The Kier molecular flexibility index (Phi) is 3.95. The van der Waals surface area contributed by atoms with Gasteiger partial charge in [-0.25, -0.2) is 0 Å². The Labute approximate surface area is 132 Å². The van der Waals surface area contributed by atoms with Crippen LogP contribution in [-0.4, -0.2) is 31.4 Å². The maximum atomic E-state index is 12.2. The number of carbonyl (C=O) groups excluding carboxylic acids is 1. The molecule has 108 valence electrons. The highest BCUT2D eigenvalue weighted by atomic mass is 35.5. The molecule has 0 radical (unpaired) electrons. The Hall–Kier alpha value is -1.84. The molecule has 10 heteroatoms. The van der Waals surface area contributed by atoms with Gasteiger partial charge in [0, 0.05) is 6.54 Å². The second kappa shape index (κ2) is 5.88. The zero-order valence-electron chi connectivity index (χ0n) is 10.8. The Balaban J connectivity index is 1.88. The second-order valence-electron chi connectivity index (χ2n) is 3.95. The highest BCUT2D eigenvalue weighted by molar-refractivity contribution is 7.17. The van der Waals surface area contributed by atoms with E-state index in [1.807, 2.05) is 6.92 Å². The molecule has 2 aromatic heterocycles. The molecule has 2 heterocycles. The zero-order chi connectivity index (χ0) is 14.8. The number of aromatic nitrogens is 4. The minimum atomic E-state index is -0.376. The van der Waals surface area contributed by atoms with Crippen molar-refractivity contribution >= 4 is 62.4 Å². The van der Waals surface area contributed by atoms with E-state index in [0.717, 1.165) is 11.7 Å². The number of hydrogen-bond donors (Lipinski definition) is 2. The minimum Gasteiger partial charge on any atom is -0.360 e. The molecule has 3 rings (SSSR count). The fraction of sp³-hybridized carbons (Fsp3) is 0.182. The molecule has 0 saturated heterocycles. The van der Waals surface area contributed by atoms with Gasteiger partial charge in [-0.15, -0.1) is 10.2 Å².